The Kier molecular flexibility index (Phi) is 3.24. The van der Waals surface area contributed by atoms with Crippen LogP contribution in [0.25, 0.3) is 10.6 Å². The van der Waals surface area contributed by atoms with E-state index in [1.807, 2.05) is 17.5 Å². The Bertz CT molecular complexity index is 870. The highest BCUT2D eigenvalue weighted by Crippen LogP contribution is 2.27. The number of carbonyl (C=O) groups excluding carboxylic acids is 2. The first kappa shape index (κ1) is 13.8. The third-order valence-corrected chi connectivity index (χ3v) is 4.62. The minimum absolute atomic E-state index is 0.188. The van der Waals surface area contributed by atoms with Crippen molar-refractivity contribution in [3.63, 3.8) is 0 Å². The molecule has 3 heterocycles. The molecule has 1 aromatic carbocycles. The molecule has 4 rings (SSSR count). The largest absolute Gasteiger partial charge is 0.269 e. The van der Waals surface area contributed by atoms with Crippen LogP contribution in [0.3, 0.4) is 0 Å². The van der Waals surface area contributed by atoms with Crippen LogP contribution in [0.2, 0.25) is 0 Å². The number of fused-ring (bicyclic) bond motifs is 1. The van der Waals surface area contributed by atoms with Gasteiger partial charge in [-0.3, -0.25) is 19.5 Å². The molecule has 0 saturated heterocycles. The molecule has 0 N–H and O–H groups in total. The number of thiazole rings is 1. The molecule has 0 saturated carbocycles. The summed E-state index contributed by atoms with van der Waals surface area (Å²) in [5.41, 5.74) is 2.60. The van der Waals surface area contributed by atoms with Crippen molar-refractivity contribution in [2.75, 3.05) is 0 Å². The first-order valence-corrected chi connectivity index (χ1v) is 7.92. The van der Waals surface area contributed by atoms with E-state index in [2.05, 4.69) is 9.97 Å². The van der Waals surface area contributed by atoms with E-state index in [4.69, 9.17) is 0 Å². The minimum Gasteiger partial charge on any atom is -0.269 e. The molecule has 3 aromatic rings. The first-order valence-electron chi connectivity index (χ1n) is 7.04. The highest BCUT2D eigenvalue weighted by molar-refractivity contribution is 7.13. The minimum atomic E-state index is -0.260. The Morgan fingerprint density at radius 3 is 2.26 bits per heavy atom. The number of imide groups is 1. The van der Waals surface area contributed by atoms with E-state index >= 15 is 0 Å². The summed E-state index contributed by atoms with van der Waals surface area (Å²) in [4.78, 5) is 34.5. The first-order chi connectivity index (χ1) is 11.2. The van der Waals surface area contributed by atoms with Crippen LogP contribution in [-0.4, -0.2) is 26.7 Å². The molecule has 0 atom stereocenters. The van der Waals surface area contributed by atoms with Crippen LogP contribution in [0.5, 0.6) is 0 Å². The van der Waals surface area contributed by atoms with Gasteiger partial charge in [-0.1, -0.05) is 12.1 Å². The van der Waals surface area contributed by atoms with E-state index < -0.39 is 0 Å². The SMILES string of the molecule is O=C1c2ccccc2C(=O)N1Cc1csc(-c2ccncc2)n1. The topological polar surface area (TPSA) is 63.2 Å². The van der Waals surface area contributed by atoms with E-state index in [0.717, 1.165) is 10.6 Å². The second kappa shape index (κ2) is 5.40. The van der Waals surface area contributed by atoms with Gasteiger partial charge in [0.15, 0.2) is 0 Å². The lowest BCUT2D eigenvalue weighted by Gasteiger charge is -2.11. The maximum atomic E-state index is 12.4. The molecule has 6 heteroatoms. The number of carbonyl (C=O) groups is 2. The smallest absolute Gasteiger partial charge is 0.261 e. The van der Waals surface area contributed by atoms with Gasteiger partial charge in [-0.05, 0) is 24.3 Å². The summed E-state index contributed by atoms with van der Waals surface area (Å²) in [6.45, 7) is 0.188. The van der Waals surface area contributed by atoms with E-state index in [1.165, 1.54) is 16.2 Å². The zero-order chi connectivity index (χ0) is 15.8. The third-order valence-electron chi connectivity index (χ3n) is 3.68. The second-order valence-corrected chi connectivity index (χ2v) is 5.98. The lowest BCUT2D eigenvalue weighted by molar-refractivity contribution is 0.0640. The number of aromatic nitrogens is 2. The highest BCUT2D eigenvalue weighted by Gasteiger charge is 2.35. The van der Waals surface area contributed by atoms with Crippen molar-refractivity contribution < 1.29 is 9.59 Å². The van der Waals surface area contributed by atoms with Crippen molar-refractivity contribution in [3.05, 3.63) is 71.0 Å². The Morgan fingerprint density at radius 1 is 0.957 bits per heavy atom. The zero-order valence-corrected chi connectivity index (χ0v) is 12.8. The lowest BCUT2D eigenvalue weighted by Crippen LogP contribution is -2.29. The molecule has 2 amide bonds. The average Bonchev–Trinajstić information content (AvgIpc) is 3.16. The van der Waals surface area contributed by atoms with Crippen LogP contribution >= 0.6 is 11.3 Å². The summed E-state index contributed by atoms with van der Waals surface area (Å²) in [6.07, 6.45) is 3.42. The molecule has 0 fully saturated rings. The molecule has 1 aliphatic heterocycles. The van der Waals surface area contributed by atoms with Crippen LogP contribution in [0.1, 0.15) is 26.4 Å². The van der Waals surface area contributed by atoms with Gasteiger partial charge in [-0.2, -0.15) is 0 Å². The summed E-state index contributed by atoms with van der Waals surface area (Å²) < 4.78 is 0. The Morgan fingerprint density at radius 2 is 1.61 bits per heavy atom. The number of hydrogen-bond donors (Lipinski definition) is 0. The fourth-order valence-corrected chi connectivity index (χ4v) is 3.37. The molecule has 0 unspecified atom stereocenters. The summed E-state index contributed by atoms with van der Waals surface area (Å²) >= 11 is 1.48. The van der Waals surface area contributed by atoms with Gasteiger partial charge in [0, 0.05) is 23.3 Å². The third kappa shape index (κ3) is 2.33. The zero-order valence-electron chi connectivity index (χ0n) is 12.0. The number of pyridine rings is 1. The van der Waals surface area contributed by atoms with Crippen LogP contribution in [0, 0.1) is 0 Å². The molecule has 0 aliphatic carbocycles. The Balaban J connectivity index is 1.60. The van der Waals surface area contributed by atoms with Gasteiger partial charge in [-0.25, -0.2) is 4.98 Å². The number of benzene rings is 1. The van der Waals surface area contributed by atoms with E-state index in [-0.39, 0.29) is 18.4 Å². The van der Waals surface area contributed by atoms with Gasteiger partial charge in [0.05, 0.1) is 23.4 Å². The van der Waals surface area contributed by atoms with Crippen molar-refractivity contribution in [2.45, 2.75) is 6.54 Å². The summed E-state index contributed by atoms with van der Waals surface area (Å²) in [7, 11) is 0. The molecule has 5 nitrogen and oxygen atoms in total. The molecule has 0 bridgehead atoms. The molecule has 0 spiro atoms. The Hall–Kier alpha value is -2.86. The van der Waals surface area contributed by atoms with Gasteiger partial charge in [0.25, 0.3) is 11.8 Å². The van der Waals surface area contributed by atoms with Gasteiger partial charge in [0.2, 0.25) is 0 Å². The molecule has 2 aromatic heterocycles. The van der Waals surface area contributed by atoms with E-state index in [9.17, 15) is 9.59 Å². The number of nitrogens with zero attached hydrogens (tertiary/aromatic N) is 3. The maximum Gasteiger partial charge on any atom is 0.261 e. The van der Waals surface area contributed by atoms with Crippen LogP contribution in [-0.2, 0) is 6.54 Å². The average molecular weight is 321 g/mol. The normalized spacial score (nSPS) is 13.5. The van der Waals surface area contributed by atoms with Gasteiger partial charge in [-0.15, -0.1) is 11.3 Å². The summed E-state index contributed by atoms with van der Waals surface area (Å²) in [5.74, 6) is -0.520. The fraction of sp³-hybridized carbons (Fsp3) is 0.0588. The molecular formula is C17H11N3O2S. The maximum absolute atomic E-state index is 12.4. The number of rotatable bonds is 3. The molecule has 23 heavy (non-hydrogen) atoms. The lowest BCUT2D eigenvalue weighted by atomic mass is 10.1. The number of hydrogen-bond acceptors (Lipinski definition) is 5. The van der Waals surface area contributed by atoms with Crippen molar-refractivity contribution in [1.29, 1.82) is 0 Å². The van der Waals surface area contributed by atoms with Gasteiger partial charge >= 0.3 is 0 Å². The predicted molar refractivity (Wildman–Crippen MR) is 86.0 cm³/mol. The monoisotopic (exact) mass is 321 g/mol. The van der Waals surface area contributed by atoms with Crippen LogP contribution < -0.4 is 0 Å². The molecule has 112 valence electrons. The standard InChI is InChI=1S/C17H11N3O2S/c21-16-13-3-1-2-4-14(13)17(22)20(16)9-12-10-23-15(19-12)11-5-7-18-8-6-11/h1-8,10H,9H2. The summed E-state index contributed by atoms with van der Waals surface area (Å²) in [6, 6.07) is 10.6. The van der Waals surface area contributed by atoms with Crippen molar-refractivity contribution in [1.82, 2.24) is 14.9 Å². The fourth-order valence-electron chi connectivity index (χ4n) is 2.55. The second-order valence-electron chi connectivity index (χ2n) is 5.12. The number of amides is 2. The van der Waals surface area contributed by atoms with Crippen molar-refractivity contribution in [3.8, 4) is 10.6 Å². The summed E-state index contributed by atoms with van der Waals surface area (Å²) in [5, 5.41) is 2.72. The quantitative estimate of drug-likeness (QED) is 0.696. The van der Waals surface area contributed by atoms with Crippen LogP contribution in [0.15, 0.2) is 54.2 Å². The Labute approximate surface area is 136 Å². The molecular weight excluding hydrogens is 310 g/mol. The predicted octanol–water partition coefficient (Wildman–Crippen LogP) is 3.00. The van der Waals surface area contributed by atoms with Crippen LogP contribution in [0.4, 0.5) is 0 Å². The van der Waals surface area contributed by atoms with E-state index in [0.29, 0.717) is 16.8 Å². The molecule has 1 aliphatic rings. The van der Waals surface area contributed by atoms with Gasteiger partial charge < -0.3 is 0 Å². The van der Waals surface area contributed by atoms with E-state index in [1.54, 1.807) is 36.7 Å². The van der Waals surface area contributed by atoms with Gasteiger partial charge in [0.1, 0.15) is 5.01 Å². The van der Waals surface area contributed by atoms with Crippen molar-refractivity contribution in [2.24, 2.45) is 0 Å². The van der Waals surface area contributed by atoms with Crippen molar-refractivity contribution >= 4 is 23.2 Å². The molecule has 0 radical (unpaired) electrons. The highest BCUT2D eigenvalue weighted by atomic mass is 32.1.